The van der Waals surface area contributed by atoms with Gasteiger partial charge in [-0.25, -0.2) is 0 Å². The second-order valence-corrected chi connectivity index (χ2v) is 7.33. The molecular formula is C13H13Cl3F3N3O. The zero-order valence-electron chi connectivity index (χ0n) is 11.7. The molecule has 0 atom stereocenters. The molecule has 10 heteroatoms. The number of nitrogens with zero attached hydrogens (tertiary/aromatic N) is 2. The number of carbonyl (C=O) groups excluding carboxylic acids is 1. The fourth-order valence-electron chi connectivity index (χ4n) is 2.35. The summed E-state index contributed by atoms with van der Waals surface area (Å²) < 4.78 is 35.9. The van der Waals surface area contributed by atoms with Gasteiger partial charge in [0.25, 0.3) is 9.70 Å². The largest absolute Gasteiger partial charge is 0.416 e. The molecule has 0 aliphatic carbocycles. The van der Waals surface area contributed by atoms with Crippen molar-refractivity contribution >= 4 is 52.1 Å². The summed E-state index contributed by atoms with van der Waals surface area (Å²) in [4.78, 5) is 15.0. The van der Waals surface area contributed by atoms with Gasteiger partial charge >= 0.3 is 6.18 Å². The number of benzene rings is 1. The van der Waals surface area contributed by atoms with Crippen molar-refractivity contribution in [2.45, 2.75) is 9.97 Å². The summed E-state index contributed by atoms with van der Waals surface area (Å²) >= 11 is 16.7. The lowest BCUT2D eigenvalue weighted by atomic mass is 10.1. The minimum absolute atomic E-state index is 0.0287. The van der Waals surface area contributed by atoms with Gasteiger partial charge in [-0.3, -0.25) is 4.79 Å². The van der Waals surface area contributed by atoms with E-state index in [1.807, 2.05) is 0 Å². The molecule has 1 aliphatic heterocycles. The van der Waals surface area contributed by atoms with Crippen LogP contribution in [0.2, 0.25) is 0 Å². The van der Waals surface area contributed by atoms with E-state index in [0.717, 1.165) is 12.1 Å². The molecule has 0 unspecified atom stereocenters. The van der Waals surface area contributed by atoms with Gasteiger partial charge in [-0.05, 0) is 18.2 Å². The van der Waals surface area contributed by atoms with Crippen LogP contribution in [0.15, 0.2) is 18.2 Å². The fourth-order valence-corrected chi connectivity index (χ4v) is 2.71. The lowest BCUT2D eigenvalue weighted by Crippen LogP contribution is -2.51. The first-order valence-electron chi connectivity index (χ1n) is 6.58. The third-order valence-electron chi connectivity index (χ3n) is 3.50. The number of nitrogen functional groups attached to an aromatic ring is 1. The molecular weight excluding hydrogens is 378 g/mol. The van der Waals surface area contributed by atoms with Gasteiger partial charge in [0.15, 0.2) is 0 Å². The molecule has 0 spiro atoms. The number of halogens is 6. The molecule has 1 aromatic carbocycles. The number of anilines is 2. The molecule has 0 aromatic heterocycles. The molecule has 4 nitrogen and oxygen atoms in total. The number of amides is 1. The minimum atomic E-state index is -4.44. The Kier molecular flexibility index (Phi) is 5.13. The van der Waals surface area contributed by atoms with Crippen molar-refractivity contribution < 1.29 is 18.0 Å². The molecule has 1 fully saturated rings. The van der Waals surface area contributed by atoms with Crippen LogP contribution < -0.4 is 10.6 Å². The Morgan fingerprint density at radius 3 is 2.09 bits per heavy atom. The van der Waals surface area contributed by atoms with E-state index in [1.165, 1.54) is 11.0 Å². The number of nitrogens with two attached hydrogens (primary N) is 1. The van der Waals surface area contributed by atoms with E-state index in [2.05, 4.69) is 0 Å². The van der Waals surface area contributed by atoms with Crippen LogP contribution in [0.4, 0.5) is 24.5 Å². The van der Waals surface area contributed by atoms with Gasteiger partial charge in [0.1, 0.15) is 0 Å². The number of carbonyl (C=O) groups is 1. The molecule has 2 N–H and O–H groups in total. The van der Waals surface area contributed by atoms with Gasteiger partial charge in [-0.1, -0.05) is 34.8 Å². The van der Waals surface area contributed by atoms with Crippen LogP contribution in [-0.2, 0) is 11.0 Å². The standard InChI is InChI=1S/C13H13Cl3F3N3O/c14-12(15,16)11(23)22-5-3-21(4-6-22)10-2-1-8(7-9(10)20)13(17,18)19/h1-2,7H,3-6,20H2. The highest BCUT2D eigenvalue weighted by Crippen LogP contribution is 2.35. The smallest absolute Gasteiger partial charge is 0.397 e. The SMILES string of the molecule is Nc1cc(C(F)(F)F)ccc1N1CCN(C(=O)C(Cl)(Cl)Cl)CC1. The number of piperazine rings is 1. The molecule has 1 amide bonds. The molecule has 1 saturated heterocycles. The summed E-state index contributed by atoms with van der Waals surface area (Å²) in [6.45, 7) is 1.32. The first-order chi connectivity index (χ1) is 10.5. The molecule has 128 valence electrons. The average Bonchev–Trinajstić information content (AvgIpc) is 2.45. The maximum Gasteiger partial charge on any atom is 0.416 e. The average molecular weight is 391 g/mol. The van der Waals surface area contributed by atoms with Gasteiger partial charge in [0.2, 0.25) is 0 Å². The fraction of sp³-hybridized carbons (Fsp3) is 0.462. The number of alkyl halides is 6. The molecule has 23 heavy (non-hydrogen) atoms. The van der Waals surface area contributed by atoms with Crippen LogP contribution >= 0.6 is 34.8 Å². The van der Waals surface area contributed by atoms with Crippen molar-refractivity contribution in [1.82, 2.24) is 4.90 Å². The highest BCUT2D eigenvalue weighted by Gasteiger charge is 2.37. The van der Waals surface area contributed by atoms with Crippen LogP contribution in [0, 0.1) is 0 Å². The Morgan fingerprint density at radius 1 is 1.09 bits per heavy atom. The van der Waals surface area contributed by atoms with Gasteiger partial charge in [0, 0.05) is 26.2 Å². The van der Waals surface area contributed by atoms with Crippen molar-refractivity contribution in [3.63, 3.8) is 0 Å². The molecule has 1 heterocycles. The lowest BCUT2D eigenvalue weighted by Gasteiger charge is -2.37. The molecule has 0 saturated carbocycles. The number of hydrogen-bond donors (Lipinski definition) is 1. The normalized spacial score (nSPS) is 16.6. The highest BCUT2D eigenvalue weighted by atomic mass is 35.6. The summed E-state index contributed by atoms with van der Waals surface area (Å²) in [7, 11) is 0. The van der Waals surface area contributed by atoms with Crippen LogP contribution in [0.5, 0.6) is 0 Å². The third kappa shape index (κ3) is 4.28. The monoisotopic (exact) mass is 389 g/mol. The van der Waals surface area contributed by atoms with Crippen molar-refractivity contribution in [2.24, 2.45) is 0 Å². The highest BCUT2D eigenvalue weighted by molar-refractivity contribution is 6.76. The Labute approximate surface area is 145 Å². The van der Waals surface area contributed by atoms with Crippen molar-refractivity contribution in [3.05, 3.63) is 23.8 Å². The van der Waals surface area contributed by atoms with Crippen LogP contribution in [-0.4, -0.2) is 40.8 Å². The van der Waals surface area contributed by atoms with E-state index in [1.54, 1.807) is 4.90 Å². The van der Waals surface area contributed by atoms with E-state index >= 15 is 0 Å². The van der Waals surface area contributed by atoms with Gasteiger partial charge < -0.3 is 15.5 Å². The van der Waals surface area contributed by atoms with Crippen molar-refractivity contribution in [3.8, 4) is 0 Å². The maximum absolute atomic E-state index is 12.6. The number of rotatable bonds is 1. The van der Waals surface area contributed by atoms with E-state index in [-0.39, 0.29) is 18.8 Å². The van der Waals surface area contributed by atoms with E-state index < -0.39 is 21.4 Å². The quantitative estimate of drug-likeness (QED) is 0.591. The number of hydrogen-bond acceptors (Lipinski definition) is 3. The first-order valence-corrected chi connectivity index (χ1v) is 7.71. The molecule has 2 rings (SSSR count). The Morgan fingerprint density at radius 2 is 1.65 bits per heavy atom. The summed E-state index contributed by atoms with van der Waals surface area (Å²) in [5.41, 5.74) is 5.44. The van der Waals surface area contributed by atoms with E-state index in [0.29, 0.717) is 18.8 Å². The van der Waals surface area contributed by atoms with E-state index in [9.17, 15) is 18.0 Å². The van der Waals surface area contributed by atoms with Gasteiger partial charge in [-0.2, -0.15) is 13.2 Å². The molecule has 1 aromatic rings. The zero-order valence-corrected chi connectivity index (χ0v) is 14.0. The second kappa shape index (κ2) is 6.45. The third-order valence-corrected chi connectivity index (χ3v) is 3.99. The predicted octanol–water partition coefficient (Wildman–Crippen LogP) is 3.31. The van der Waals surface area contributed by atoms with Gasteiger partial charge in [0.05, 0.1) is 16.9 Å². The van der Waals surface area contributed by atoms with Crippen LogP contribution in [0.3, 0.4) is 0 Å². The minimum Gasteiger partial charge on any atom is -0.397 e. The summed E-state index contributed by atoms with van der Waals surface area (Å²) in [6, 6.07) is 3.20. The Bertz CT molecular complexity index is 596. The molecule has 0 bridgehead atoms. The summed E-state index contributed by atoms with van der Waals surface area (Å²) in [5, 5.41) is 0. The molecule has 1 aliphatic rings. The zero-order chi connectivity index (χ0) is 17.4. The Hall–Kier alpha value is -1.05. The second-order valence-electron chi connectivity index (χ2n) is 5.05. The van der Waals surface area contributed by atoms with Crippen molar-refractivity contribution in [1.29, 1.82) is 0 Å². The van der Waals surface area contributed by atoms with Crippen LogP contribution in [0.1, 0.15) is 5.56 Å². The van der Waals surface area contributed by atoms with E-state index in [4.69, 9.17) is 40.5 Å². The Balaban J connectivity index is 2.08. The van der Waals surface area contributed by atoms with Crippen molar-refractivity contribution in [2.75, 3.05) is 36.8 Å². The first kappa shape index (κ1) is 18.3. The predicted molar refractivity (Wildman–Crippen MR) is 84.9 cm³/mol. The topological polar surface area (TPSA) is 49.6 Å². The molecule has 0 radical (unpaired) electrons. The van der Waals surface area contributed by atoms with Crippen LogP contribution in [0.25, 0.3) is 0 Å². The maximum atomic E-state index is 12.6. The summed E-state index contributed by atoms with van der Waals surface area (Å²) in [5.74, 6) is -0.623. The van der Waals surface area contributed by atoms with Gasteiger partial charge in [-0.15, -0.1) is 0 Å². The lowest BCUT2D eigenvalue weighted by molar-refractivity contribution is -0.137. The summed E-state index contributed by atoms with van der Waals surface area (Å²) in [6.07, 6.45) is -4.44.